The first-order chi connectivity index (χ1) is 9.94. The van der Waals surface area contributed by atoms with Crippen LogP contribution in [0.1, 0.15) is 62.4 Å². The fourth-order valence-corrected chi connectivity index (χ4v) is 3.09. The summed E-state index contributed by atoms with van der Waals surface area (Å²) < 4.78 is 0. The molecule has 1 saturated carbocycles. The second kappa shape index (κ2) is 6.50. The van der Waals surface area contributed by atoms with E-state index < -0.39 is 0 Å². The Kier molecular flexibility index (Phi) is 4.92. The van der Waals surface area contributed by atoms with Gasteiger partial charge in [0.15, 0.2) is 0 Å². The maximum atomic E-state index is 12.6. The van der Waals surface area contributed by atoms with E-state index in [1.165, 1.54) is 18.4 Å². The molecule has 0 bridgehead atoms. The summed E-state index contributed by atoms with van der Waals surface area (Å²) in [5, 5.41) is 6.61. The molecule has 0 aliphatic heterocycles. The summed E-state index contributed by atoms with van der Waals surface area (Å²) in [6.45, 7) is 9.56. The van der Waals surface area contributed by atoms with Crippen molar-refractivity contribution in [1.29, 1.82) is 0 Å². The van der Waals surface area contributed by atoms with E-state index in [4.69, 9.17) is 0 Å². The zero-order valence-corrected chi connectivity index (χ0v) is 13.8. The predicted octanol–water partition coefficient (Wildman–Crippen LogP) is 4.13. The Balaban J connectivity index is 2.15. The molecule has 1 amide bonds. The van der Waals surface area contributed by atoms with E-state index in [1.54, 1.807) is 0 Å². The number of amides is 1. The van der Waals surface area contributed by atoms with Gasteiger partial charge >= 0.3 is 0 Å². The smallest absolute Gasteiger partial charge is 0.253 e. The average Bonchev–Trinajstić information content (AvgIpc) is 2.75. The molecule has 1 atom stereocenters. The van der Waals surface area contributed by atoms with Gasteiger partial charge in [0, 0.05) is 18.3 Å². The highest BCUT2D eigenvalue weighted by Crippen LogP contribution is 2.37. The molecule has 1 unspecified atom stereocenters. The van der Waals surface area contributed by atoms with Crippen molar-refractivity contribution >= 4 is 11.6 Å². The molecule has 1 aromatic carbocycles. The average molecular weight is 288 g/mol. The van der Waals surface area contributed by atoms with Gasteiger partial charge in [-0.2, -0.15) is 0 Å². The van der Waals surface area contributed by atoms with Crippen LogP contribution in [0.15, 0.2) is 18.2 Å². The van der Waals surface area contributed by atoms with Gasteiger partial charge in [-0.15, -0.1) is 0 Å². The lowest BCUT2D eigenvalue weighted by Gasteiger charge is -2.28. The van der Waals surface area contributed by atoms with Crippen LogP contribution >= 0.6 is 0 Å². The number of hydrogen-bond donors (Lipinski definition) is 2. The number of anilines is 1. The summed E-state index contributed by atoms with van der Waals surface area (Å²) in [7, 11) is 0. The van der Waals surface area contributed by atoms with Crippen LogP contribution in [-0.4, -0.2) is 18.5 Å². The highest BCUT2D eigenvalue weighted by atomic mass is 16.1. The minimum Gasteiger partial charge on any atom is -0.384 e. The maximum Gasteiger partial charge on any atom is 0.253 e. The second-order valence-corrected chi connectivity index (χ2v) is 6.88. The van der Waals surface area contributed by atoms with E-state index >= 15 is 0 Å². The third kappa shape index (κ3) is 3.78. The van der Waals surface area contributed by atoms with Gasteiger partial charge in [0.2, 0.25) is 0 Å². The monoisotopic (exact) mass is 288 g/mol. The van der Waals surface area contributed by atoms with Crippen molar-refractivity contribution in [3.63, 3.8) is 0 Å². The Hall–Kier alpha value is -1.51. The molecule has 1 fully saturated rings. The topological polar surface area (TPSA) is 41.1 Å². The Labute approximate surface area is 128 Å². The molecule has 3 heteroatoms. The minimum atomic E-state index is 0.0496. The molecule has 0 heterocycles. The maximum absolute atomic E-state index is 12.6. The first-order valence-corrected chi connectivity index (χ1v) is 8.09. The van der Waals surface area contributed by atoms with Crippen molar-refractivity contribution in [1.82, 2.24) is 5.32 Å². The van der Waals surface area contributed by atoms with Gasteiger partial charge in [0.1, 0.15) is 0 Å². The molecule has 0 radical (unpaired) electrons. The number of rotatable bonds is 5. The fourth-order valence-electron chi connectivity index (χ4n) is 3.09. The summed E-state index contributed by atoms with van der Waals surface area (Å²) in [5.41, 5.74) is 3.09. The summed E-state index contributed by atoms with van der Waals surface area (Å²) in [6, 6.07) is 6.28. The molecule has 0 aromatic heterocycles. The molecule has 116 valence electrons. The molecule has 0 saturated heterocycles. The number of hydrogen-bond acceptors (Lipinski definition) is 2. The van der Waals surface area contributed by atoms with Crippen molar-refractivity contribution in [3.8, 4) is 0 Å². The van der Waals surface area contributed by atoms with Crippen LogP contribution in [0.25, 0.3) is 0 Å². The zero-order chi connectivity index (χ0) is 15.5. The van der Waals surface area contributed by atoms with Crippen molar-refractivity contribution in [3.05, 3.63) is 29.3 Å². The van der Waals surface area contributed by atoms with Crippen LogP contribution in [0.2, 0.25) is 0 Å². The van der Waals surface area contributed by atoms with Crippen LogP contribution < -0.4 is 10.6 Å². The number of carbonyl (C=O) groups is 1. The van der Waals surface area contributed by atoms with Crippen LogP contribution in [0, 0.1) is 12.3 Å². The van der Waals surface area contributed by atoms with Gasteiger partial charge in [-0.25, -0.2) is 0 Å². The number of carbonyl (C=O) groups excluding carboxylic acids is 1. The summed E-state index contributed by atoms with van der Waals surface area (Å²) in [6.07, 6.45) is 4.52. The molecule has 2 N–H and O–H groups in total. The number of benzene rings is 1. The quantitative estimate of drug-likeness (QED) is 0.855. The highest BCUT2D eigenvalue weighted by Gasteiger charge is 2.35. The largest absolute Gasteiger partial charge is 0.384 e. The Bertz CT molecular complexity index is 508. The van der Waals surface area contributed by atoms with Crippen molar-refractivity contribution in [2.24, 2.45) is 5.41 Å². The van der Waals surface area contributed by atoms with Gasteiger partial charge in [0.05, 0.1) is 5.56 Å². The second-order valence-electron chi connectivity index (χ2n) is 6.88. The van der Waals surface area contributed by atoms with Crippen LogP contribution in [-0.2, 0) is 0 Å². The van der Waals surface area contributed by atoms with E-state index in [-0.39, 0.29) is 17.4 Å². The van der Waals surface area contributed by atoms with Crippen LogP contribution in [0.5, 0.6) is 0 Å². The van der Waals surface area contributed by atoms with Crippen molar-refractivity contribution in [2.75, 3.05) is 11.9 Å². The van der Waals surface area contributed by atoms with Gasteiger partial charge in [-0.1, -0.05) is 33.3 Å². The molecule has 2 rings (SSSR count). The van der Waals surface area contributed by atoms with Crippen LogP contribution in [0.3, 0.4) is 0 Å². The van der Waals surface area contributed by atoms with Crippen molar-refractivity contribution < 1.29 is 4.79 Å². The van der Waals surface area contributed by atoms with Crippen LogP contribution in [0.4, 0.5) is 5.69 Å². The fraction of sp³-hybridized carbons (Fsp3) is 0.611. The number of aryl methyl sites for hydroxylation is 1. The molecule has 0 spiro atoms. The summed E-state index contributed by atoms with van der Waals surface area (Å²) >= 11 is 0. The number of nitrogens with one attached hydrogen (secondary N) is 2. The first-order valence-electron chi connectivity index (χ1n) is 8.09. The minimum absolute atomic E-state index is 0.0496. The Morgan fingerprint density at radius 1 is 1.38 bits per heavy atom. The Morgan fingerprint density at radius 2 is 2.14 bits per heavy atom. The molecular weight excluding hydrogens is 260 g/mol. The molecule has 3 nitrogen and oxygen atoms in total. The van der Waals surface area contributed by atoms with E-state index in [0.29, 0.717) is 0 Å². The van der Waals surface area contributed by atoms with E-state index in [1.807, 2.05) is 12.1 Å². The first kappa shape index (κ1) is 15.9. The van der Waals surface area contributed by atoms with E-state index in [0.717, 1.165) is 30.6 Å². The lowest BCUT2D eigenvalue weighted by molar-refractivity contribution is 0.0911. The van der Waals surface area contributed by atoms with E-state index in [9.17, 15) is 4.79 Å². The molecule has 1 aliphatic carbocycles. The lowest BCUT2D eigenvalue weighted by Crippen LogP contribution is -2.41. The van der Waals surface area contributed by atoms with Gasteiger partial charge in [0.25, 0.3) is 5.91 Å². The lowest BCUT2D eigenvalue weighted by atomic mass is 9.87. The Morgan fingerprint density at radius 3 is 2.76 bits per heavy atom. The third-order valence-electron chi connectivity index (χ3n) is 4.55. The highest BCUT2D eigenvalue weighted by molar-refractivity contribution is 6.00. The molecular formula is C18H28N2O. The standard InChI is InChI=1S/C18H28N2O/c1-5-11-19-15-12-13(2)8-9-14(15)17(21)20-16-7-6-10-18(16,3)4/h8-9,12,16,19H,5-7,10-11H2,1-4H3,(H,20,21). The summed E-state index contributed by atoms with van der Waals surface area (Å²) in [4.78, 5) is 12.6. The summed E-state index contributed by atoms with van der Waals surface area (Å²) in [5.74, 6) is 0.0496. The van der Waals surface area contributed by atoms with Gasteiger partial charge in [-0.3, -0.25) is 4.79 Å². The van der Waals surface area contributed by atoms with Crippen molar-refractivity contribution in [2.45, 2.75) is 59.4 Å². The molecule has 1 aliphatic rings. The molecule has 21 heavy (non-hydrogen) atoms. The normalized spacial score (nSPS) is 20.3. The van der Waals surface area contributed by atoms with E-state index in [2.05, 4.69) is 44.4 Å². The SMILES string of the molecule is CCCNc1cc(C)ccc1C(=O)NC1CCCC1(C)C. The zero-order valence-electron chi connectivity index (χ0n) is 13.8. The molecule has 1 aromatic rings. The van der Waals surface area contributed by atoms with Gasteiger partial charge < -0.3 is 10.6 Å². The third-order valence-corrected chi connectivity index (χ3v) is 4.55. The van der Waals surface area contributed by atoms with Gasteiger partial charge in [-0.05, 0) is 49.3 Å². The predicted molar refractivity (Wildman–Crippen MR) is 88.8 cm³/mol.